The second kappa shape index (κ2) is 29.7. The molecule has 464 valence electrons. The number of hydrogen-bond donors (Lipinski definition) is 0. The molecule has 4 amide bonds. The molecule has 0 aliphatic heterocycles. The number of rotatable bonds is 24. The molecule has 1 aliphatic carbocycles. The molecule has 0 heterocycles. The van der Waals surface area contributed by atoms with Crippen molar-refractivity contribution in [2.45, 2.75) is 130 Å². The molecule has 16 heteroatoms. The molecule has 0 aromatic heterocycles. The lowest BCUT2D eigenvalue weighted by atomic mass is 9.79. The molecular weight excluding hydrogens is 1060 g/mol. The average molecular weight is 1170 g/mol. The van der Waals surface area contributed by atoms with Crippen LogP contribution in [-0.2, 0) is 85.5 Å². The molecule has 1 aliphatic rings. The first-order chi connectivity index (χ1) is 39.1. The Kier molecular flexibility index (Phi) is 24.3. The minimum atomic E-state index is -0.298. The average Bonchev–Trinajstić information content (AvgIpc) is 1.55. The van der Waals surface area contributed by atoms with Crippen molar-refractivity contribution in [3.8, 4) is 23.0 Å². The zero-order valence-corrected chi connectivity index (χ0v) is 54.6. The van der Waals surface area contributed by atoms with E-state index in [1.807, 2.05) is 0 Å². The predicted octanol–water partition coefficient (Wildman–Crippen LogP) is 9.49. The van der Waals surface area contributed by atoms with E-state index >= 15 is 0 Å². The van der Waals surface area contributed by atoms with E-state index in [0.717, 1.165) is 66.8 Å². The van der Waals surface area contributed by atoms with Crippen LogP contribution in [0.5, 0.6) is 23.0 Å². The van der Waals surface area contributed by atoms with Gasteiger partial charge in [0.05, 0.1) is 26.4 Å². The van der Waals surface area contributed by atoms with E-state index in [1.165, 1.54) is 19.6 Å². The van der Waals surface area contributed by atoms with Gasteiger partial charge in [0.2, 0.25) is 23.6 Å². The van der Waals surface area contributed by atoms with Crippen molar-refractivity contribution in [1.29, 1.82) is 0 Å². The second-order valence-corrected chi connectivity index (χ2v) is 27.0. The molecule has 0 spiro atoms. The van der Waals surface area contributed by atoms with E-state index in [2.05, 4.69) is 132 Å². The summed E-state index contributed by atoms with van der Waals surface area (Å²) in [4.78, 5) is 56.6. The van der Waals surface area contributed by atoms with Crippen LogP contribution in [0.2, 0.25) is 0 Å². The highest BCUT2D eigenvalue weighted by molar-refractivity contribution is 5.78. The van der Waals surface area contributed by atoms with Gasteiger partial charge in [-0.1, -0.05) is 132 Å². The fraction of sp³-hybridized carbons (Fsp3) is 0.588. The van der Waals surface area contributed by atoms with Gasteiger partial charge in [0, 0.05) is 82.1 Å². The maximum absolute atomic E-state index is 12.7. The first-order valence-electron chi connectivity index (χ1n) is 29.4. The molecular formula is C68H100N4O12. The van der Waals surface area contributed by atoms with Crippen LogP contribution in [0.25, 0.3) is 0 Å². The molecule has 0 unspecified atom stereocenters. The van der Waals surface area contributed by atoms with Crippen LogP contribution in [0.1, 0.15) is 150 Å². The number of nitrogens with zero attached hydrogens (tertiary/aromatic N) is 4. The Morgan fingerprint density at radius 1 is 0.298 bits per heavy atom. The Bertz CT molecular complexity index is 2420. The van der Waals surface area contributed by atoms with Gasteiger partial charge in [0.15, 0.2) is 0 Å². The number of fused-ring (bicyclic) bond motifs is 8. The van der Waals surface area contributed by atoms with E-state index in [4.69, 9.17) is 37.9 Å². The molecule has 0 N–H and O–H groups in total. The summed E-state index contributed by atoms with van der Waals surface area (Å²) in [5.41, 5.74) is 10.7. The van der Waals surface area contributed by atoms with Crippen molar-refractivity contribution in [3.63, 3.8) is 0 Å². The fourth-order valence-corrected chi connectivity index (χ4v) is 9.33. The first-order valence-corrected chi connectivity index (χ1v) is 29.4. The number of hydrogen-bond acceptors (Lipinski definition) is 12. The Hall–Kier alpha value is -6.20. The lowest BCUT2D eigenvalue weighted by Crippen LogP contribution is -2.27. The minimum Gasteiger partial charge on any atom is -0.491 e. The number of likely N-dealkylation sites (N-methyl/N-ethyl adjacent to an activating group) is 4. The van der Waals surface area contributed by atoms with Gasteiger partial charge in [-0.15, -0.1) is 0 Å². The summed E-state index contributed by atoms with van der Waals surface area (Å²) >= 11 is 0. The number of amides is 4. The normalized spacial score (nSPS) is 12.8. The van der Waals surface area contributed by atoms with E-state index in [-0.39, 0.29) is 125 Å². The highest BCUT2D eigenvalue weighted by Gasteiger charge is 2.30. The Morgan fingerprint density at radius 2 is 0.452 bits per heavy atom. The summed E-state index contributed by atoms with van der Waals surface area (Å²) in [6.07, 6.45) is 1.60. The summed E-state index contributed by atoms with van der Waals surface area (Å²) in [5.74, 6) is 2.21. The molecule has 0 saturated carbocycles. The number of carbonyl (C=O) groups excluding carboxylic acids is 4. The van der Waals surface area contributed by atoms with Crippen molar-refractivity contribution >= 4 is 23.6 Å². The van der Waals surface area contributed by atoms with Gasteiger partial charge >= 0.3 is 0 Å². The highest BCUT2D eigenvalue weighted by atomic mass is 16.5. The SMILES string of the molecule is CN(C)C(=O)COCCOc1c2cc(C(C)(C)C)cc1Cc1cc(C(C)(C)C)cc(c1OCCOCC(=O)N(C)C)Cc1cc(C(C)(C)C)cc(c1OCCOCC(=O)N(C)C)Cc1cc(C(C)(C)C)cc(c1OCCOCC(=O)N(C)C)C2. The van der Waals surface area contributed by atoms with Crippen LogP contribution >= 0.6 is 0 Å². The van der Waals surface area contributed by atoms with Crippen LogP contribution in [0.3, 0.4) is 0 Å². The lowest BCUT2D eigenvalue weighted by Gasteiger charge is -2.29. The van der Waals surface area contributed by atoms with Gasteiger partial charge in [-0.05, 0) is 88.4 Å². The summed E-state index contributed by atoms with van der Waals surface area (Å²) in [6.45, 7) is 27.6. The molecule has 0 radical (unpaired) electrons. The van der Waals surface area contributed by atoms with Gasteiger partial charge in [-0.2, -0.15) is 0 Å². The topological polar surface area (TPSA) is 155 Å². The molecule has 4 aromatic carbocycles. The molecule has 0 saturated heterocycles. The smallest absolute Gasteiger partial charge is 0.248 e. The summed E-state index contributed by atoms with van der Waals surface area (Å²) < 4.78 is 51.9. The Labute approximate surface area is 502 Å². The zero-order valence-electron chi connectivity index (χ0n) is 54.6. The number of benzene rings is 4. The quantitative estimate of drug-likeness (QED) is 0.0541. The zero-order chi connectivity index (χ0) is 62.5. The van der Waals surface area contributed by atoms with Gasteiger partial charge in [-0.25, -0.2) is 0 Å². The van der Waals surface area contributed by atoms with Crippen molar-refractivity contribution in [2.75, 3.05) is 136 Å². The first kappa shape index (κ1) is 68.6. The molecule has 16 nitrogen and oxygen atoms in total. The van der Waals surface area contributed by atoms with Crippen LogP contribution in [0.15, 0.2) is 48.5 Å². The molecule has 5 rings (SSSR count). The molecule has 84 heavy (non-hydrogen) atoms. The third-order valence-corrected chi connectivity index (χ3v) is 14.8. The van der Waals surface area contributed by atoms with E-state index in [9.17, 15) is 19.2 Å². The monoisotopic (exact) mass is 1160 g/mol. The Morgan fingerprint density at radius 3 is 0.583 bits per heavy atom. The van der Waals surface area contributed by atoms with E-state index in [0.29, 0.717) is 48.7 Å². The van der Waals surface area contributed by atoms with Crippen molar-refractivity contribution in [3.05, 3.63) is 115 Å². The largest absolute Gasteiger partial charge is 0.491 e. The van der Waals surface area contributed by atoms with E-state index in [1.54, 1.807) is 56.4 Å². The molecule has 0 atom stereocenters. The lowest BCUT2D eigenvalue weighted by molar-refractivity contribution is -0.134. The third-order valence-electron chi connectivity index (χ3n) is 14.8. The van der Waals surface area contributed by atoms with Crippen LogP contribution < -0.4 is 18.9 Å². The van der Waals surface area contributed by atoms with E-state index < -0.39 is 0 Å². The highest BCUT2D eigenvalue weighted by Crippen LogP contribution is 2.44. The summed E-state index contributed by atoms with van der Waals surface area (Å²) in [7, 11) is 13.6. The van der Waals surface area contributed by atoms with Gasteiger partial charge in [-0.3, -0.25) is 19.2 Å². The standard InChI is InChI=1S/C68H100N4O12/c1-65(2,3)53-33-45-29-47-35-54(66(4,5)6)37-49(62(47)82-26-22-78-42-58(74)70(15)16)31-51-39-56(68(10,11)12)40-52(64(51)84-28-24-80-44-60(76)72(19)20)32-50-38-55(67(7,8)9)36-48(63(50)83-27-23-79-43-59(75)71(17)18)30-46(34-53)61(45)81-25-21-77-41-57(73)69(13)14/h33-40H,21-32,41-44H2,1-20H3. The number of carbonyl (C=O) groups is 4. The van der Waals surface area contributed by atoms with Crippen molar-refractivity contribution in [1.82, 2.24) is 19.6 Å². The second-order valence-electron chi connectivity index (χ2n) is 27.0. The summed E-state index contributed by atoms with van der Waals surface area (Å²) in [5, 5.41) is 0. The fourth-order valence-electron chi connectivity index (χ4n) is 9.33. The summed E-state index contributed by atoms with van der Waals surface area (Å²) in [6, 6.07) is 18.0. The van der Waals surface area contributed by atoms with Gasteiger partial charge in [0.25, 0.3) is 0 Å². The maximum Gasteiger partial charge on any atom is 0.248 e. The van der Waals surface area contributed by atoms with Crippen molar-refractivity contribution < 1.29 is 57.1 Å². The van der Waals surface area contributed by atoms with Gasteiger partial charge < -0.3 is 57.5 Å². The number of ether oxygens (including phenoxy) is 8. The van der Waals surface area contributed by atoms with Crippen molar-refractivity contribution in [2.24, 2.45) is 0 Å². The third kappa shape index (κ3) is 20.0. The molecule has 8 bridgehead atoms. The van der Waals surface area contributed by atoms with Gasteiger partial charge in [0.1, 0.15) is 75.9 Å². The maximum atomic E-state index is 12.7. The van der Waals surface area contributed by atoms with Crippen LogP contribution in [-0.4, -0.2) is 179 Å². The molecule has 4 aromatic rings. The predicted molar refractivity (Wildman–Crippen MR) is 332 cm³/mol. The van der Waals surface area contributed by atoms with Crippen LogP contribution in [0, 0.1) is 0 Å². The Balaban J connectivity index is 1.92. The minimum absolute atomic E-state index is 0.0805. The van der Waals surface area contributed by atoms with Crippen LogP contribution in [0.4, 0.5) is 0 Å². The molecule has 0 fully saturated rings.